The average Bonchev–Trinajstić information content (AvgIpc) is 2.82. The van der Waals surface area contributed by atoms with Gasteiger partial charge in [0.15, 0.2) is 0 Å². The first-order chi connectivity index (χ1) is 7.79. The molecule has 0 radical (unpaired) electrons. The minimum Gasteiger partial charge on any atom is -0.320 e. The molecule has 0 atom stereocenters. The first-order valence-corrected chi connectivity index (χ1v) is 5.43. The van der Waals surface area contributed by atoms with Crippen molar-refractivity contribution in [3.8, 4) is 6.07 Å². The molecule has 1 N–H and O–H groups in total. The van der Waals surface area contributed by atoms with Gasteiger partial charge in [-0.05, 0) is 23.6 Å². The van der Waals surface area contributed by atoms with Crippen LogP contribution in [0.1, 0.15) is 16.1 Å². The number of aromatic nitrogens is 1. The number of thiophene rings is 1. The molecule has 0 unspecified atom stereocenters. The Kier molecular flexibility index (Phi) is 2.94. The number of carbonyl (C=O) groups is 1. The fourth-order valence-electron chi connectivity index (χ4n) is 1.13. The van der Waals surface area contributed by atoms with E-state index in [4.69, 9.17) is 5.26 Å². The molecule has 4 nitrogen and oxygen atoms in total. The summed E-state index contributed by atoms with van der Waals surface area (Å²) in [7, 11) is 0. The second-order valence-electron chi connectivity index (χ2n) is 3.01. The van der Waals surface area contributed by atoms with E-state index in [-0.39, 0.29) is 5.91 Å². The van der Waals surface area contributed by atoms with Crippen molar-refractivity contribution in [3.63, 3.8) is 0 Å². The molecule has 0 spiro atoms. The van der Waals surface area contributed by atoms with Crippen LogP contribution in [0.3, 0.4) is 0 Å². The van der Waals surface area contributed by atoms with Gasteiger partial charge in [-0.3, -0.25) is 4.79 Å². The highest BCUT2D eigenvalue weighted by Gasteiger charge is 2.07. The maximum Gasteiger partial charge on any atom is 0.274 e. The molecule has 0 saturated carbocycles. The Labute approximate surface area is 96.2 Å². The van der Waals surface area contributed by atoms with Gasteiger partial charge in [0.1, 0.15) is 11.8 Å². The van der Waals surface area contributed by atoms with Crippen molar-refractivity contribution in [1.29, 1.82) is 5.26 Å². The summed E-state index contributed by atoms with van der Waals surface area (Å²) in [5.74, 6) is -0.275. The lowest BCUT2D eigenvalue weighted by Crippen LogP contribution is -2.12. The molecule has 5 heteroatoms. The normalized spacial score (nSPS) is 9.44. The standard InChI is InChI=1S/C11H7N3OS/c12-5-8-1-2-10(13-6-8)11(15)14-9-3-4-16-7-9/h1-4,6-7H,(H,14,15). The number of nitrogens with one attached hydrogen (secondary N) is 1. The van der Waals surface area contributed by atoms with E-state index in [9.17, 15) is 4.79 Å². The first kappa shape index (κ1) is 10.3. The largest absolute Gasteiger partial charge is 0.320 e. The van der Waals surface area contributed by atoms with Crippen LogP contribution in [-0.2, 0) is 0 Å². The molecule has 16 heavy (non-hydrogen) atoms. The predicted octanol–water partition coefficient (Wildman–Crippen LogP) is 2.27. The third-order valence-corrected chi connectivity index (χ3v) is 2.59. The van der Waals surface area contributed by atoms with Gasteiger partial charge in [0, 0.05) is 11.6 Å². The summed E-state index contributed by atoms with van der Waals surface area (Å²) in [6.45, 7) is 0. The third kappa shape index (κ3) is 2.24. The Morgan fingerprint density at radius 1 is 1.44 bits per heavy atom. The van der Waals surface area contributed by atoms with E-state index in [1.54, 1.807) is 6.07 Å². The molecule has 0 aliphatic heterocycles. The van der Waals surface area contributed by atoms with Crippen molar-refractivity contribution in [2.45, 2.75) is 0 Å². The van der Waals surface area contributed by atoms with Gasteiger partial charge in [-0.2, -0.15) is 16.6 Å². The number of rotatable bonds is 2. The number of carbonyl (C=O) groups excluding carboxylic acids is 1. The highest BCUT2D eigenvalue weighted by Crippen LogP contribution is 2.12. The smallest absolute Gasteiger partial charge is 0.274 e. The molecule has 2 aromatic heterocycles. The Bertz CT molecular complexity index is 525. The summed E-state index contributed by atoms with van der Waals surface area (Å²) in [5.41, 5.74) is 1.48. The summed E-state index contributed by atoms with van der Waals surface area (Å²) in [4.78, 5) is 15.6. The summed E-state index contributed by atoms with van der Waals surface area (Å²) in [6.07, 6.45) is 1.38. The highest BCUT2D eigenvalue weighted by molar-refractivity contribution is 7.08. The van der Waals surface area contributed by atoms with E-state index >= 15 is 0 Å². The summed E-state index contributed by atoms with van der Waals surface area (Å²) < 4.78 is 0. The zero-order valence-corrected chi connectivity index (χ0v) is 8.99. The van der Waals surface area contributed by atoms with Crippen LogP contribution in [-0.4, -0.2) is 10.9 Å². The third-order valence-electron chi connectivity index (χ3n) is 1.90. The fraction of sp³-hybridized carbons (Fsp3) is 0. The zero-order chi connectivity index (χ0) is 11.4. The van der Waals surface area contributed by atoms with Crippen molar-refractivity contribution < 1.29 is 4.79 Å². The van der Waals surface area contributed by atoms with Gasteiger partial charge in [-0.25, -0.2) is 4.98 Å². The highest BCUT2D eigenvalue weighted by atomic mass is 32.1. The summed E-state index contributed by atoms with van der Waals surface area (Å²) in [6, 6.07) is 6.85. The number of anilines is 1. The van der Waals surface area contributed by atoms with Crippen molar-refractivity contribution >= 4 is 22.9 Å². The van der Waals surface area contributed by atoms with Crippen molar-refractivity contribution in [2.75, 3.05) is 5.32 Å². The van der Waals surface area contributed by atoms with Crippen LogP contribution in [0, 0.1) is 11.3 Å². The van der Waals surface area contributed by atoms with E-state index in [0.717, 1.165) is 5.69 Å². The lowest BCUT2D eigenvalue weighted by molar-refractivity contribution is 0.102. The number of amides is 1. The second-order valence-corrected chi connectivity index (χ2v) is 3.79. The van der Waals surface area contributed by atoms with E-state index in [2.05, 4.69) is 10.3 Å². The maximum absolute atomic E-state index is 11.7. The lowest BCUT2D eigenvalue weighted by Gasteiger charge is -2.01. The molecule has 2 heterocycles. The molecule has 2 aromatic rings. The van der Waals surface area contributed by atoms with Gasteiger partial charge in [-0.1, -0.05) is 0 Å². The van der Waals surface area contributed by atoms with Crippen LogP contribution in [0.5, 0.6) is 0 Å². The Morgan fingerprint density at radius 2 is 2.31 bits per heavy atom. The van der Waals surface area contributed by atoms with Crippen LogP contribution in [0.2, 0.25) is 0 Å². The van der Waals surface area contributed by atoms with E-state index < -0.39 is 0 Å². The number of nitrogens with zero attached hydrogens (tertiary/aromatic N) is 2. The minimum absolute atomic E-state index is 0.275. The van der Waals surface area contributed by atoms with E-state index in [1.165, 1.54) is 23.6 Å². The van der Waals surface area contributed by atoms with E-state index in [0.29, 0.717) is 11.3 Å². The predicted molar refractivity (Wildman–Crippen MR) is 61.2 cm³/mol. The van der Waals surface area contributed by atoms with Crippen molar-refractivity contribution in [1.82, 2.24) is 4.98 Å². The molecule has 78 valence electrons. The second kappa shape index (κ2) is 4.55. The van der Waals surface area contributed by atoms with Gasteiger partial charge in [0.2, 0.25) is 0 Å². The molecular formula is C11H7N3OS. The summed E-state index contributed by atoms with van der Waals surface area (Å²) in [5, 5.41) is 15.0. The molecule has 0 saturated heterocycles. The van der Waals surface area contributed by atoms with Crippen LogP contribution in [0.15, 0.2) is 35.2 Å². The molecule has 0 aliphatic carbocycles. The molecular weight excluding hydrogens is 222 g/mol. The van der Waals surface area contributed by atoms with Gasteiger partial charge in [0.05, 0.1) is 11.3 Å². The van der Waals surface area contributed by atoms with Crippen LogP contribution < -0.4 is 5.32 Å². The molecule has 0 bridgehead atoms. The topological polar surface area (TPSA) is 65.8 Å². The maximum atomic E-state index is 11.7. The summed E-state index contributed by atoms with van der Waals surface area (Å²) >= 11 is 1.50. The monoisotopic (exact) mass is 229 g/mol. The minimum atomic E-state index is -0.275. The Morgan fingerprint density at radius 3 is 2.88 bits per heavy atom. The van der Waals surface area contributed by atoms with Gasteiger partial charge < -0.3 is 5.32 Å². The van der Waals surface area contributed by atoms with Crippen LogP contribution in [0.25, 0.3) is 0 Å². The lowest BCUT2D eigenvalue weighted by atomic mass is 10.2. The molecule has 0 aliphatic rings. The molecule has 1 amide bonds. The average molecular weight is 229 g/mol. The van der Waals surface area contributed by atoms with Crippen molar-refractivity contribution in [3.05, 3.63) is 46.4 Å². The van der Waals surface area contributed by atoms with Crippen LogP contribution in [0.4, 0.5) is 5.69 Å². The van der Waals surface area contributed by atoms with Gasteiger partial charge >= 0.3 is 0 Å². The van der Waals surface area contributed by atoms with Gasteiger partial charge in [-0.15, -0.1) is 0 Å². The van der Waals surface area contributed by atoms with Crippen LogP contribution >= 0.6 is 11.3 Å². The number of hydrogen-bond acceptors (Lipinski definition) is 4. The molecule has 0 aromatic carbocycles. The molecule has 0 fully saturated rings. The molecule has 2 rings (SSSR count). The Balaban J connectivity index is 2.12. The van der Waals surface area contributed by atoms with E-state index in [1.807, 2.05) is 22.9 Å². The quantitative estimate of drug-likeness (QED) is 0.859. The number of pyridine rings is 1. The SMILES string of the molecule is N#Cc1ccc(C(=O)Nc2ccsc2)nc1. The fourth-order valence-corrected chi connectivity index (χ4v) is 1.71. The Hall–Kier alpha value is -2.19. The number of nitriles is 1. The van der Waals surface area contributed by atoms with Crippen molar-refractivity contribution in [2.24, 2.45) is 0 Å². The number of hydrogen-bond donors (Lipinski definition) is 1. The van der Waals surface area contributed by atoms with Gasteiger partial charge in [0.25, 0.3) is 5.91 Å². The zero-order valence-electron chi connectivity index (χ0n) is 8.18. The first-order valence-electron chi connectivity index (χ1n) is 4.49.